The number of aryl methyl sites for hydroxylation is 1. The summed E-state index contributed by atoms with van der Waals surface area (Å²) in [5, 5.41) is 25.2. The Labute approximate surface area is 130 Å². The first-order valence-corrected chi connectivity index (χ1v) is 8.17. The zero-order valence-electron chi connectivity index (χ0n) is 12.8. The number of aromatic nitrogens is 2. The summed E-state index contributed by atoms with van der Waals surface area (Å²) in [5.74, 6) is 0.366. The van der Waals surface area contributed by atoms with Gasteiger partial charge in [0.05, 0.1) is 11.7 Å². The van der Waals surface area contributed by atoms with Crippen LogP contribution < -0.4 is 5.46 Å². The minimum absolute atomic E-state index is 0.0354. The molecule has 2 atom stereocenters. The number of hydrogen-bond acceptors (Lipinski definition) is 4. The van der Waals surface area contributed by atoms with E-state index in [1.807, 2.05) is 4.68 Å². The van der Waals surface area contributed by atoms with Gasteiger partial charge in [-0.25, -0.2) is 4.68 Å². The Morgan fingerprint density at radius 3 is 2.91 bits per heavy atom. The number of ether oxygens (including phenoxy) is 1. The van der Waals surface area contributed by atoms with E-state index in [4.69, 9.17) is 4.74 Å². The topological polar surface area (TPSA) is 67.5 Å². The molecule has 0 amide bonds. The number of hydrogen-bond donors (Lipinski definition) is 2. The second-order valence-electron chi connectivity index (χ2n) is 6.52. The van der Waals surface area contributed by atoms with Crippen molar-refractivity contribution in [2.75, 3.05) is 6.61 Å². The van der Waals surface area contributed by atoms with E-state index < -0.39 is 7.12 Å². The molecule has 1 aliphatic carbocycles. The largest absolute Gasteiger partial charge is 0.489 e. The van der Waals surface area contributed by atoms with Gasteiger partial charge in [0.15, 0.2) is 6.23 Å². The van der Waals surface area contributed by atoms with Crippen LogP contribution in [0.4, 0.5) is 0 Å². The molecule has 1 fully saturated rings. The summed E-state index contributed by atoms with van der Waals surface area (Å²) in [6.45, 7) is 2.92. The number of nitrogens with zero attached hydrogens (tertiary/aromatic N) is 2. The van der Waals surface area contributed by atoms with Gasteiger partial charge in [0.25, 0.3) is 0 Å². The van der Waals surface area contributed by atoms with E-state index in [2.05, 4.69) is 18.1 Å². The predicted molar refractivity (Wildman–Crippen MR) is 85.1 cm³/mol. The van der Waals surface area contributed by atoms with Gasteiger partial charge in [0.1, 0.15) is 0 Å². The molecule has 6 heteroatoms. The normalized spacial score (nSPS) is 24.7. The van der Waals surface area contributed by atoms with Crippen molar-refractivity contribution in [2.45, 2.75) is 51.2 Å². The fourth-order valence-corrected chi connectivity index (χ4v) is 4.01. The molecule has 0 bridgehead atoms. The van der Waals surface area contributed by atoms with Crippen LogP contribution in [-0.2, 0) is 11.2 Å². The van der Waals surface area contributed by atoms with Gasteiger partial charge in [-0.05, 0) is 60.7 Å². The summed E-state index contributed by atoms with van der Waals surface area (Å²) in [5.41, 5.74) is 3.93. The molecule has 5 nitrogen and oxygen atoms in total. The van der Waals surface area contributed by atoms with E-state index in [1.165, 1.54) is 5.56 Å². The third-order valence-corrected chi connectivity index (χ3v) is 5.10. The molecule has 1 aromatic heterocycles. The SMILES string of the molecule is CC1CCc2cc3c(cnn3C3CCCCO3)c(B(O)O)c21. The predicted octanol–water partition coefficient (Wildman–Crippen LogP) is 1.46. The molecular formula is C16H21BN2O3. The fourth-order valence-electron chi connectivity index (χ4n) is 4.01. The van der Waals surface area contributed by atoms with Gasteiger partial charge in [-0.1, -0.05) is 6.92 Å². The Hall–Kier alpha value is -1.37. The molecule has 0 radical (unpaired) electrons. The zero-order valence-corrected chi connectivity index (χ0v) is 12.8. The molecule has 1 aromatic carbocycles. The molecule has 2 aliphatic rings. The molecule has 2 aromatic rings. The van der Waals surface area contributed by atoms with Crippen molar-refractivity contribution in [3.05, 3.63) is 23.4 Å². The van der Waals surface area contributed by atoms with Gasteiger partial charge >= 0.3 is 7.12 Å². The van der Waals surface area contributed by atoms with E-state index in [0.29, 0.717) is 11.4 Å². The average Bonchev–Trinajstić information content (AvgIpc) is 3.10. The smallest absolute Gasteiger partial charge is 0.423 e. The Kier molecular flexibility index (Phi) is 3.48. The Morgan fingerprint density at radius 1 is 1.32 bits per heavy atom. The number of rotatable bonds is 2. The van der Waals surface area contributed by atoms with Crippen molar-refractivity contribution in [1.82, 2.24) is 9.78 Å². The first kappa shape index (κ1) is 14.2. The lowest BCUT2D eigenvalue weighted by molar-refractivity contribution is -0.0366. The van der Waals surface area contributed by atoms with Crippen LogP contribution in [0.2, 0.25) is 0 Å². The molecule has 2 unspecified atom stereocenters. The quantitative estimate of drug-likeness (QED) is 0.824. The second-order valence-corrected chi connectivity index (χ2v) is 6.52. The molecule has 2 heterocycles. The van der Waals surface area contributed by atoms with Crippen LogP contribution in [0.15, 0.2) is 12.3 Å². The van der Waals surface area contributed by atoms with E-state index in [1.54, 1.807) is 6.20 Å². The summed E-state index contributed by atoms with van der Waals surface area (Å²) in [4.78, 5) is 0. The monoisotopic (exact) mass is 300 g/mol. The molecule has 2 N–H and O–H groups in total. The second kappa shape index (κ2) is 5.37. The van der Waals surface area contributed by atoms with Gasteiger partial charge in [0.2, 0.25) is 0 Å². The van der Waals surface area contributed by atoms with Crippen molar-refractivity contribution in [3.63, 3.8) is 0 Å². The van der Waals surface area contributed by atoms with E-state index in [-0.39, 0.29) is 6.23 Å². The molecule has 0 saturated carbocycles. The van der Waals surface area contributed by atoms with Crippen LogP contribution in [0.3, 0.4) is 0 Å². The standard InChI is InChI=1S/C16H21BN2O3/c1-10-5-6-11-8-13-12(16(15(10)11)17(20)21)9-18-19(13)14-4-2-3-7-22-14/h8-10,14,20-21H,2-7H2,1H3. The van der Waals surface area contributed by atoms with Crippen LogP contribution >= 0.6 is 0 Å². The van der Waals surface area contributed by atoms with Crippen molar-refractivity contribution in [1.29, 1.82) is 0 Å². The highest BCUT2D eigenvalue weighted by Gasteiger charge is 2.31. The van der Waals surface area contributed by atoms with E-state index in [0.717, 1.165) is 55.2 Å². The lowest BCUT2D eigenvalue weighted by Crippen LogP contribution is -2.34. The molecule has 4 rings (SSSR count). The summed E-state index contributed by atoms with van der Waals surface area (Å²) in [6, 6.07) is 2.17. The highest BCUT2D eigenvalue weighted by Crippen LogP contribution is 2.35. The van der Waals surface area contributed by atoms with Gasteiger partial charge < -0.3 is 14.8 Å². The highest BCUT2D eigenvalue weighted by molar-refractivity contribution is 6.62. The van der Waals surface area contributed by atoms with Crippen molar-refractivity contribution in [2.24, 2.45) is 0 Å². The summed E-state index contributed by atoms with van der Waals surface area (Å²) in [6.07, 6.45) is 6.98. The van der Waals surface area contributed by atoms with Crippen molar-refractivity contribution >= 4 is 23.5 Å². The van der Waals surface area contributed by atoms with Crippen LogP contribution in [0.25, 0.3) is 10.9 Å². The van der Waals surface area contributed by atoms with Gasteiger partial charge in [-0.15, -0.1) is 0 Å². The van der Waals surface area contributed by atoms with Crippen LogP contribution in [-0.4, -0.2) is 33.6 Å². The average molecular weight is 300 g/mol. The third kappa shape index (κ3) is 2.09. The van der Waals surface area contributed by atoms with E-state index >= 15 is 0 Å². The Bertz CT molecular complexity index is 707. The Morgan fingerprint density at radius 2 is 2.18 bits per heavy atom. The summed E-state index contributed by atoms with van der Waals surface area (Å²) < 4.78 is 7.77. The molecular weight excluding hydrogens is 279 g/mol. The van der Waals surface area contributed by atoms with Crippen LogP contribution in [0.1, 0.15) is 55.9 Å². The van der Waals surface area contributed by atoms with Gasteiger partial charge in [-0.3, -0.25) is 0 Å². The van der Waals surface area contributed by atoms with Gasteiger partial charge in [-0.2, -0.15) is 5.10 Å². The highest BCUT2D eigenvalue weighted by atomic mass is 16.5. The maximum Gasteiger partial charge on any atom is 0.489 e. The van der Waals surface area contributed by atoms with Gasteiger partial charge in [0, 0.05) is 12.0 Å². The molecule has 22 heavy (non-hydrogen) atoms. The number of benzene rings is 1. The zero-order chi connectivity index (χ0) is 15.3. The minimum Gasteiger partial charge on any atom is -0.423 e. The number of fused-ring (bicyclic) bond motifs is 2. The maximum atomic E-state index is 9.91. The van der Waals surface area contributed by atoms with Crippen LogP contribution in [0, 0.1) is 0 Å². The molecule has 116 valence electrons. The van der Waals surface area contributed by atoms with E-state index in [9.17, 15) is 10.0 Å². The Balaban J connectivity index is 1.91. The maximum absolute atomic E-state index is 9.91. The molecule has 1 saturated heterocycles. The molecule has 0 spiro atoms. The van der Waals surface area contributed by atoms with Crippen molar-refractivity contribution in [3.8, 4) is 0 Å². The van der Waals surface area contributed by atoms with Crippen LogP contribution in [0.5, 0.6) is 0 Å². The van der Waals surface area contributed by atoms with Crippen molar-refractivity contribution < 1.29 is 14.8 Å². The lowest BCUT2D eigenvalue weighted by Gasteiger charge is -2.24. The third-order valence-electron chi connectivity index (χ3n) is 5.10. The molecule has 1 aliphatic heterocycles. The summed E-state index contributed by atoms with van der Waals surface area (Å²) >= 11 is 0. The minimum atomic E-state index is -1.46. The first-order chi connectivity index (χ1) is 10.7. The fraction of sp³-hybridized carbons (Fsp3) is 0.562. The lowest BCUT2D eigenvalue weighted by atomic mass is 9.72. The summed E-state index contributed by atoms with van der Waals surface area (Å²) in [7, 11) is -1.46. The first-order valence-electron chi connectivity index (χ1n) is 8.17.